The molecule has 0 aliphatic carbocycles. The van der Waals surface area contributed by atoms with Crippen LogP contribution in [0.25, 0.3) is 6.08 Å². The van der Waals surface area contributed by atoms with Crippen LogP contribution in [0.1, 0.15) is 11.1 Å². The predicted molar refractivity (Wildman–Crippen MR) is 102 cm³/mol. The van der Waals surface area contributed by atoms with Crippen molar-refractivity contribution in [1.82, 2.24) is 5.32 Å². The van der Waals surface area contributed by atoms with Crippen molar-refractivity contribution < 1.29 is 14.3 Å². The zero-order valence-corrected chi connectivity index (χ0v) is 15.1. The Morgan fingerprint density at radius 1 is 1.16 bits per heavy atom. The Balaban J connectivity index is 1.36. The predicted octanol–water partition coefficient (Wildman–Crippen LogP) is 4.13. The highest BCUT2D eigenvalue weighted by Crippen LogP contribution is 2.32. The van der Waals surface area contributed by atoms with Crippen molar-refractivity contribution >= 4 is 35.3 Å². The highest BCUT2D eigenvalue weighted by Gasteiger charge is 2.12. The maximum atomic E-state index is 11.8. The minimum atomic E-state index is -0.107. The van der Waals surface area contributed by atoms with Gasteiger partial charge in [-0.05, 0) is 41.5 Å². The summed E-state index contributed by atoms with van der Waals surface area (Å²) in [5.41, 5.74) is 2.12. The number of ether oxygens (including phenoxy) is 2. The third-order valence-electron chi connectivity index (χ3n) is 3.55. The number of carbonyl (C=O) groups excluding carboxylic acids is 1. The molecule has 130 valence electrons. The van der Waals surface area contributed by atoms with Gasteiger partial charge in [-0.15, -0.1) is 0 Å². The van der Waals surface area contributed by atoms with Crippen LogP contribution in [0.15, 0.2) is 48.5 Å². The maximum Gasteiger partial charge on any atom is 0.244 e. The molecular formula is C19H18ClNO3S. The van der Waals surface area contributed by atoms with Gasteiger partial charge in [-0.2, -0.15) is 11.8 Å². The minimum Gasteiger partial charge on any atom is -0.454 e. The number of thioether (sulfide) groups is 1. The fourth-order valence-corrected chi connectivity index (χ4v) is 3.21. The van der Waals surface area contributed by atoms with Crippen molar-refractivity contribution in [1.29, 1.82) is 0 Å². The quantitative estimate of drug-likeness (QED) is 0.584. The van der Waals surface area contributed by atoms with E-state index in [1.807, 2.05) is 42.5 Å². The van der Waals surface area contributed by atoms with E-state index in [4.69, 9.17) is 21.1 Å². The monoisotopic (exact) mass is 375 g/mol. The van der Waals surface area contributed by atoms with Gasteiger partial charge in [-0.25, -0.2) is 0 Å². The third kappa shape index (κ3) is 5.44. The zero-order chi connectivity index (χ0) is 17.5. The van der Waals surface area contributed by atoms with E-state index in [1.54, 1.807) is 17.8 Å². The number of amides is 1. The van der Waals surface area contributed by atoms with Crippen molar-refractivity contribution in [3.05, 3.63) is 64.7 Å². The van der Waals surface area contributed by atoms with E-state index in [1.165, 1.54) is 11.6 Å². The molecule has 0 fully saturated rings. The molecule has 1 amide bonds. The average molecular weight is 376 g/mol. The second-order valence-electron chi connectivity index (χ2n) is 5.42. The lowest BCUT2D eigenvalue weighted by molar-refractivity contribution is -0.116. The van der Waals surface area contributed by atoms with Crippen LogP contribution in [0.2, 0.25) is 5.02 Å². The standard InChI is InChI=1S/C19H18ClNO3S/c20-16-5-1-15(2-6-16)12-25-10-9-21-19(22)8-4-14-3-7-17-18(11-14)24-13-23-17/h1-8,11H,9-10,12-13H2,(H,21,22)/b8-4+. The zero-order valence-electron chi connectivity index (χ0n) is 13.5. The van der Waals surface area contributed by atoms with Gasteiger partial charge in [0.15, 0.2) is 11.5 Å². The topological polar surface area (TPSA) is 47.6 Å². The SMILES string of the molecule is O=C(/C=C/c1ccc2c(c1)OCO2)NCCSCc1ccc(Cl)cc1. The highest BCUT2D eigenvalue weighted by molar-refractivity contribution is 7.98. The van der Waals surface area contributed by atoms with Crippen molar-refractivity contribution in [2.24, 2.45) is 0 Å². The number of rotatable bonds is 7. The number of hydrogen-bond donors (Lipinski definition) is 1. The number of benzene rings is 2. The molecule has 0 bridgehead atoms. The van der Waals surface area contributed by atoms with Crippen LogP contribution in [-0.4, -0.2) is 25.0 Å². The first-order valence-corrected chi connectivity index (χ1v) is 9.42. The Kier molecular flexibility index (Phi) is 6.25. The van der Waals surface area contributed by atoms with Gasteiger partial charge in [0, 0.05) is 29.1 Å². The molecule has 0 spiro atoms. The first-order chi connectivity index (χ1) is 12.2. The summed E-state index contributed by atoms with van der Waals surface area (Å²) in [5, 5.41) is 3.62. The van der Waals surface area contributed by atoms with Crippen LogP contribution in [0.3, 0.4) is 0 Å². The number of nitrogens with one attached hydrogen (secondary N) is 1. The molecule has 2 aromatic rings. The molecule has 0 radical (unpaired) electrons. The molecule has 1 N–H and O–H groups in total. The fraction of sp³-hybridized carbons (Fsp3) is 0.211. The van der Waals surface area contributed by atoms with Gasteiger partial charge in [0.05, 0.1) is 0 Å². The van der Waals surface area contributed by atoms with E-state index in [-0.39, 0.29) is 12.7 Å². The van der Waals surface area contributed by atoms with Crippen molar-refractivity contribution in [3.8, 4) is 11.5 Å². The molecule has 2 aromatic carbocycles. The maximum absolute atomic E-state index is 11.8. The van der Waals surface area contributed by atoms with E-state index in [2.05, 4.69) is 5.32 Å². The summed E-state index contributed by atoms with van der Waals surface area (Å²) in [6, 6.07) is 13.4. The van der Waals surface area contributed by atoms with Crippen molar-refractivity contribution in [2.75, 3.05) is 19.1 Å². The summed E-state index contributed by atoms with van der Waals surface area (Å²) < 4.78 is 10.6. The molecule has 0 saturated heterocycles. The van der Waals surface area contributed by atoms with Crippen LogP contribution < -0.4 is 14.8 Å². The van der Waals surface area contributed by atoms with Crippen LogP contribution in [0.4, 0.5) is 0 Å². The summed E-state index contributed by atoms with van der Waals surface area (Å²) in [6.45, 7) is 0.874. The molecule has 1 aliphatic heterocycles. The number of carbonyl (C=O) groups is 1. The van der Waals surface area contributed by atoms with Gasteiger partial charge >= 0.3 is 0 Å². The minimum absolute atomic E-state index is 0.107. The number of fused-ring (bicyclic) bond motifs is 1. The van der Waals surface area contributed by atoms with Gasteiger partial charge in [0.1, 0.15) is 0 Å². The molecule has 6 heteroatoms. The van der Waals surface area contributed by atoms with Crippen LogP contribution >= 0.6 is 23.4 Å². The third-order valence-corrected chi connectivity index (χ3v) is 4.83. The summed E-state index contributed by atoms with van der Waals surface area (Å²) >= 11 is 7.63. The molecule has 25 heavy (non-hydrogen) atoms. The number of hydrogen-bond acceptors (Lipinski definition) is 4. The van der Waals surface area contributed by atoms with Gasteiger partial charge in [-0.3, -0.25) is 4.79 Å². The van der Waals surface area contributed by atoms with E-state index < -0.39 is 0 Å². The Morgan fingerprint density at radius 2 is 1.96 bits per heavy atom. The van der Waals surface area contributed by atoms with E-state index >= 15 is 0 Å². The van der Waals surface area contributed by atoms with Crippen LogP contribution in [-0.2, 0) is 10.5 Å². The molecule has 3 rings (SSSR count). The van der Waals surface area contributed by atoms with E-state index in [0.29, 0.717) is 12.3 Å². The van der Waals surface area contributed by atoms with Crippen LogP contribution in [0.5, 0.6) is 11.5 Å². The molecule has 0 aromatic heterocycles. The second-order valence-corrected chi connectivity index (χ2v) is 6.96. The van der Waals surface area contributed by atoms with Gasteiger partial charge < -0.3 is 14.8 Å². The lowest BCUT2D eigenvalue weighted by Gasteiger charge is -2.03. The van der Waals surface area contributed by atoms with Crippen LogP contribution in [0, 0.1) is 0 Å². The Labute approximate surface area is 156 Å². The number of halogens is 1. The lowest BCUT2D eigenvalue weighted by Crippen LogP contribution is -2.23. The molecule has 1 heterocycles. The largest absolute Gasteiger partial charge is 0.454 e. The fourth-order valence-electron chi connectivity index (χ4n) is 2.26. The summed E-state index contributed by atoms with van der Waals surface area (Å²) in [7, 11) is 0. The summed E-state index contributed by atoms with van der Waals surface area (Å²) in [5.74, 6) is 3.09. The summed E-state index contributed by atoms with van der Waals surface area (Å²) in [6.07, 6.45) is 3.29. The normalized spacial score (nSPS) is 12.5. The van der Waals surface area contributed by atoms with Crippen molar-refractivity contribution in [3.63, 3.8) is 0 Å². The average Bonchev–Trinajstić information content (AvgIpc) is 3.09. The lowest BCUT2D eigenvalue weighted by atomic mass is 10.2. The molecule has 0 saturated carbocycles. The second kappa shape index (κ2) is 8.83. The van der Waals surface area contributed by atoms with E-state index in [0.717, 1.165) is 27.8 Å². The van der Waals surface area contributed by atoms with Gasteiger partial charge in [0.2, 0.25) is 12.7 Å². The van der Waals surface area contributed by atoms with Crippen molar-refractivity contribution in [2.45, 2.75) is 5.75 Å². The first-order valence-electron chi connectivity index (χ1n) is 7.88. The molecule has 0 atom stereocenters. The Hall–Kier alpha value is -2.11. The molecule has 1 aliphatic rings. The Bertz CT molecular complexity index is 762. The Morgan fingerprint density at radius 3 is 2.80 bits per heavy atom. The van der Waals surface area contributed by atoms with E-state index in [9.17, 15) is 4.79 Å². The summed E-state index contributed by atoms with van der Waals surface area (Å²) in [4.78, 5) is 11.8. The van der Waals surface area contributed by atoms with Gasteiger partial charge in [0.25, 0.3) is 0 Å². The molecular weight excluding hydrogens is 358 g/mol. The first kappa shape index (κ1) is 17.7. The molecule has 0 unspecified atom stereocenters. The smallest absolute Gasteiger partial charge is 0.244 e. The molecule has 4 nitrogen and oxygen atoms in total. The van der Waals surface area contributed by atoms with Gasteiger partial charge in [-0.1, -0.05) is 29.8 Å². The highest BCUT2D eigenvalue weighted by atomic mass is 35.5.